The molecule has 2 aromatic heterocycles. The van der Waals surface area contributed by atoms with Gasteiger partial charge in [-0.05, 0) is 12.1 Å². The molecule has 5 aromatic rings. The summed E-state index contributed by atoms with van der Waals surface area (Å²) in [6, 6.07) is 24.4. The number of aromatic nitrogens is 2. The second-order valence-corrected chi connectivity index (χ2v) is 8.77. The van der Waals surface area contributed by atoms with E-state index in [2.05, 4.69) is 15.3 Å². The predicted octanol–water partition coefficient (Wildman–Crippen LogP) is 5.73. The van der Waals surface area contributed by atoms with Gasteiger partial charge in [0.1, 0.15) is 0 Å². The summed E-state index contributed by atoms with van der Waals surface area (Å²) in [6.45, 7) is -0.512. The Kier molecular flexibility index (Phi) is 6.64. The van der Waals surface area contributed by atoms with Gasteiger partial charge in [0.2, 0.25) is 0 Å². The van der Waals surface area contributed by atoms with Crippen LogP contribution in [0.25, 0.3) is 33.4 Å². The standard InChI is InChI=1S/C27H18N4O5S/c32-25(30-27-29-24(16-37-27)18-9-6-10-19(13-18)31(34)35)15-36-26(33)21-14-23(17-7-2-1-3-8-17)28-22-12-5-4-11-20(21)22/h1-14,16H,15H2,(H,29,30,32). The molecule has 9 nitrogen and oxygen atoms in total. The number of nitro groups is 1. The Hall–Kier alpha value is -4.96. The van der Waals surface area contributed by atoms with Crippen molar-refractivity contribution in [3.63, 3.8) is 0 Å². The number of fused-ring (bicyclic) bond motifs is 1. The Balaban J connectivity index is 1.29. The number of hydrogen-bond donors (Lipinski definition) is 1. The van der Waals surface area contributed by atoms with E-state index in [9.17, 15) is 19.7 Å². The van der Waals surface area contributed by atoms with Gasteiger partial charge >= 0.3 is 5.97 Å². The van der Waals surface area contributed by atoms with Gasteiger partial charge in [0.15, 0.2) is 11.7 Å². The third-order valence-corrected chi connectivity index (χ3v) is 6.20. The number of ether oxygens (including phenoxy) is 1. The van der Waals surface area contributed by atoms with Crippen molar-refractivity contribution in [1.82, 2.24) is 9.97 Å². The fraction of sp³-hybridized carbons (Fsp3) is 0.0370. The van der Waals surface area contributed by atoms with Gasteiger partial charge < -0.3 is 4.74 Å². The summed E-state index contributed by atoms with van der Waals surface area (Å²) in [7, 11) is 0. The fourth-order valence-electron chi connectivity index (χ4n) is 3.71. The Labute approximate surface area is 214 Å². The van der Waals surface area contributed by atoms with E-state index in [0.717, 1.165) is 16.9 Å². The molecular formula is C27H18N4O5S. The van der Waals surface area contributed by atoms with Crippen molar-refractivity contribution >= 4 is 44.9 Å². The lowest BCUT2D eigenvalue weighted by atomic mass is 10.0. The topological polar surface area (TPSA) is 124 Å². The van der Waals surface area contributed by atoms with Crippen LogP contribution in [0.2, 0.25) is 0 Å². The monoisotopic (exact) mass is 510 g/mol. The highest BCUT2D eigenvalue weighted by molar-refractivity contribution is 7.14. The molecular weight excluding hydrogens is 492 g/mol. The Morgan fingerprint density at radius 1 is 0.892 bits per heavy atom. The number of nitrogens with one attached hydrogen (secondary N) is 1. The molecule has 0 bridgehead atoms. The van der Waals surface area contributed by atoms with E-state index in [-0.39, 0.29) is 10.8 Å². The van der Waals surface area contributed by atoms with Crippen LogP contribution in [0, 0.1) is 10.1 Å². The second-order valence-electron chi connectivity index (χ2n) is 7.91. The number of nitrogens with zero attached hydrogens (tertiary/aromatic N) is 3. The Bertz CT molecular complexity index is 1630. The van der Waals surface area contributed by atoms with Crippen molar-refractivity contribution in [3.8, 4) is 22.5 Å². The zero-order valence-electron chi connectivity index (χ0n) is 19.2. The van der Waals surface area contributed by atoms with Crippen LogP contribution in [0.4, 0.5) is 10.8 Å². The first kappa shape index (κ1) is 23.8. The first-order valence-electron chi connectivity index (χ1n) is 11.1. The average molecular weight is 511 g/mol. The van der Waals surface area contributed by atoms with Gasteiger partial charge in [-0.15, -0.1) is 11.3 Å². The maximum atomic E-state index is 13.0. The molecule has 0 aliphatic rings. The molecule has 0 saturated carbocycles. The van der Waals surface area contributed by atoms with Gasteiger partial charge in [-0.3, -0.25) is 20.2 Å². The Morgan fingerprint density at radius 3 is 2.46 bits per heavy atom. The summed E-state index contributed by atoms with van der Waals surface area (Å²) in [4.78, 5) is 44.9. The lowest BCUT2D eigenvalue weighted by molar-refractivity contribution is -0.384. The number of rotatable bonds is 7. The number of carbonyl (C=O) groups excluding carboxylic acids is 2. The molecule has 0 aliphatic heterocycles. The zero-order valence-corrected chi connectivity index (χ0v) is 20.0. The van der Waals surface area contributed by atoms with Crippen molar-refractivity contribution in [2.45, 2.75) is 0 Å². The quantitative estimate of drug-likeness (QED) is 0.168. The van der Waals surface area contributed by atoms with Crippen LogP contribution in [0.3, 0.4) is 0 Å². The predicted molar refractivity (Wildman–Crippen MR) is 140 cm³/mol. The number of esters is 1. The van der Waals surface area contributed by atoms with Crippen LogP contribution < -0.4 is 5.32 Å². The number of nitro benzene ring substituents is 1. The van der Waals surface area contributed by atoms with Crippen LogP contribution in [0.5, 0.6) is 0 Å². The van der Waals surface area contributed by atoms with Crippen molar-refractivity contribution in [2.24, 2.45) is 0 Å². The second kappa shape index (κ2) is 10.3. The number of para-hydroxylation sites is 1. The molecule has 2 heterocycles. The molecule has 0 fully saturated rings. The van der Waals surface area contributed by atoms with E-state index in [0.29, 0.717) is 33.4 Å². The van der Waals surface area contributed by atoms with E-state index in [1.165, 1.54) is 12.1 Å². The van der Waals surface area contributed by atoms with Gasteiger partial charge in [0, 0.05) is 34.0 Å². The molecule has 0 saturated heterocycles. The number of carbonyl (C=O) groups is 2. The van der Waals surface area contributed by atoms with Crippen molar-refractivity contribution in [2.75, 3.05) is 11.9 Å². The molecule has 3 aromatic carbocycles. The van der Waals surface area contributed by atoms with Gasteiger partial charge in [-0.25, -0.2) is 14.8 Å². The number of thiazole rings is 1. The first-order chi connectivity index (χ1) is 18.0. The molecule has 5 rings (SSSR count). The third-order valence-electron chi connectivity index (χ3n) is 5.44. The number of pyridine rings is 1. The average Bonchev–Trinajstić information content (AvgIpc) is 3.40. The molecule has 10 heteroatoms. The molecule has 1 amide bonds. The third kappa shape index (κ3) is 5.34. The highest BCUT2D eigenvalue weighted by Crippen LogP contribution is 2.28. The van der Waals surface area contributed by atoms with Gasteiger partial charge in [0.05, 0.1) is 27.4 Å². The molecule has 0 unspecified atom stereocenters. The van der Waals surface area contributed by atoms with E-state index in [4.69, 9.17) is 4.74 Å². The number of non-ortho nitro benzene ring substituents is 1. The Morgan fingerprint density at radius 2 is 1.65 bits per heavy atom. The summed E-state index contributed by atoms with van der Waals surface area (Å²) < 4.78 is 5.32. The molecule has 0 aliphatic carbocycles. The van der Waals surface area contributed by atoms with Crippen molar-refractivity contribution < 1.29 is 19.2 Å². The smallest absolute Gasteiger partial charge is 0.339 e. The summed E-state index contributed by atoms with van der Waals surface area (Å²) >= 11 is 1.16. The first-order valence-corrected chi connectivity index (χ1v) is 12.0. The zero-order chi connectivity index (χ0) is 25.8. The summed E-state index contributed by atoms with van der Waals surface area (Å²) in [6.07, 6.45) is 0. The highest BCUT2D eigenvalue weighted by Gasteiger charge is 2.17. The lowest BCUT2D eigenvalue weighted by Crippen LogP contribution is -2.21. The minimum absolute atomic E-state index is 0.0537. The molecule has 37 heavy (non-hydrogen) atoms. The molecule has 0 radical (unpaired) electrons. The molecule has 0 atom stereocenters. The van der Waals surface area contributed by atoms with Crippen LogP contribution >= 0.6 is 11.3 Å². The summed E-state index contributed by atoms with van der Waals surface area (Å²) in [5, 5.41) is 16.2. The fourth-order valence-corrected chi connectivity index (χ4v) is 4.44. The van der Waals surface area contributed by atoms with Gasteiger partial charge in [-0.2, -0.15) is 0 Å². The summed E-state index contributed by atoms with van der Waals surface area (Å²) in [5.74, 6) is -1.21. The van der Waals surface area contributed by atoms with E-state index in [1.54, 1.807) is 35.7 Å². The summed E-state index contributed by atoms with van der Waals surface area (Å²) in [5.41, 5.74) is 3.39. The molecule has 1 N–H and O–H groups in total. The van der Waals surface area contributed by atoms with Crippen molar-refractivity contribution in [1.29, 1.82) is 0 Å². The van der Waals surface area contributed by atoms with Gasteiger partial charge in [0.25, 0.3) is 11.6 Å². The minimum atomic E-state index is -0.651. The van der Waals surface area contributed by atoms with Crippen LogP contribution in [0.15, 0.2) is 90.3 Å². The maximum Gasteiger partial charge on any atom is 0.339 e. The van der Waals surface area contributed by atoms with Gasteiger partial charge in [-0.1, -0.05) is 60.7 Å². The van der Waals surface area contributed by atoms with E-state index in [1.807, 2.05) is 42.5 Å². The van der Waals surface area contributed by atoms with Crippen LogP contribution in [0.1, 0.15) is 10.4 Å². The largest absolute Gasteiger partial charge is 0.452 e. The number of anilines is 1. The molecule has 0 spiro atoms. The van der Waals surface area contributed by atoms with Crippen LogP contribution in [-0.4, -0.2) is 33.4 Å². The minimum Gasteiger partial charge on any atom is -0.452 e. The number of benzene rings is 3. The maximum absolute atomic E-state index is 13.0. The normalized spacial score (nSPS) is 10.7. The lowest BCUT2D eigenvalue weighted by Gasteiger charge is -2.10. The van der Waals surface area contributed by atoms with E-state index < -0.39 is 23.4 Å². The van der Waals surface area contributed by atoms with Crippen LogP contribution in [-0.2, 0) is 9.53 Å². The number of hydrogen-bond acceptors (Lipinski definition) is 8. The SMILES string of the molecule is O=C(COC(=O)c1cc(-c2ccccc2)nc2ccccc12)Nc1nc(-c2cccc([N+](=O)[O-])c2)cs1. The molecule has 182 valence electrons. The number of amides is 1. The van der Waals surface area contributed by atoms with Crippen molar-refractivity contribution in [3.05, 3.63) is 106 Å². The van der Waals surface area contributed by atoms with E-state index >= 15 is 0 Å². The highest BCUT2D eigenvalue weighted by atomic mass is 32.1.